The summed E-state index contributed by atoms with van der Waals surface area (Å²) in [5, 5.41) is 34.2. The van der Waals surface area contributed by atoms with E-state index in [0.29, 0.717) is 50.5 Å². The van der Waals surface area contributed by atoms with Gasteiger partial charge in [0.25, 0.3) is 0 Å². The second kappa shape index (κ2) is 17.4. The molecule has 0 bridgehead atoms. The maximum absolute atomic E-state index is 12.5. The molecule has 0 aliphatic carbocycles. The monoisotopic (exact) mass is 748 g/mol. The van der Waals surface area contributed by atoms with Gasteiger partial charge in [-0.3, -0.25) is 25.0 Å². The maximum Gasteiger partial charge on any atom is 0.320 e. The van der Waals surface area contributed by atoms with E-state index in [9.17, 15) is 14.4 Å². The van der Waals surface area contributed by atoms with Crippen LogP contribution in [0.25, 0.3) is 0 Å². The van der Waals surface area contributed by atoms with Gasteiger partial charge in [-0.25, -0.2) is 9.59 Å². The van der Waals surface area contributed by atoms with Crippen LogP contribution >= 0.6 is 0 Å². The predicted molar refractivity (Wildman–Crippen MR) is 204 cm³/mol. The van der Waals surface area contributed by atoms with Crippen molar-refractivity contribution in [3.05, 3.63) is 50.9 Å². The molecule has 8 rings (SSSR count). The highest BCUT2D eigenvalue weighted by Gasteiger charge is 2.33. The number of hydrogen-bond acceptors (Lipinski definition) is 8. The minimum absolute atomic E-state index is 0.107. The number of aromatic amines is 3. The Labute approximate surface area is 318 Å². The van der Waals surface area contributed by atoms with Crippen molar-refractivity contribution in [3.63, 3.8) is 0 Å². The highest BCUT2D eigenvalue weighted by molar-refractivity contribution is 5.76. The average Bonchev–Trinajstić information content (AvgIpc) is 3.98. The first-order valence-corrected chi connectivity index (χ1v) is 19.8. The van der Waals surface area contributed by atoms with Crippen LogP contribution in [0.4, 0.5) is 9.59 Å². The van der Waals surface area contributed by atoms with Gasteiger partial charge in [0.1, 0.15) is 0 Å². The van der Waals surface area contributed by atoms with Crippen molar-refractivity contribution in [1.82, 2.24) is 60.4 Å². The van der Waals surface area contributed by atoms with E-state index in [1.807, 2.05) is 24.5 Å². The van der Waals surface area contributed by atoms with Crippen LogP contribution in [0, 0.1) is 0 Å². The van der Waals surface area contributed by atoms with E-state index in [2.05, 4.69) is 77.5 Å². The molecule has 296 valence electrons. The maximum atomic E-state index is 12.5. The van der Waals surface area contributed by atoms with Crippen molar-refractivity contribution in [2.75, 3.05) is 52.4 Å². The molecule has 2 saturated heterocycles. The molecular weight excluding hydrogens is 688 g/mol. The molecule has 0 saturated carbocycles. The fraction of sp³-hybridized carbons (Fsp3) is 0.684. The zero-order valence-electron chi connectivity index (χ0n) is 33.0. The van der Waals surface area contributed by atoms with Gasteiger partial charge in [0.05, 0.1) is 66.9 Å². The van der Waals surface area contributed by atoms with Crippen LogP contribution < -0.4 is 5.32 Å². The third-order valence-corrected chi connectivity index (χ3v) is 11.0. The third-order valence-electron chi connectivity index (χ3n) is 11.0. The summed E-state index contributed by atoms with van der Waals surface area (Å²) < 4.78 is 0. The molecule has 5 aliphatic rings. The Morgan fingerprint density at radius 3 is 1.48 bits per heavy atom. The summed E-state index contributed by atoms with van der Waals surface area (Å²) in [6.45, 7) is 22.4. The van der Waals surface area contributed by atoms with Crippen molar-refractivity contribution in [2.24, 2.45) is 0 Å². The SMILES string of the molecule is CC(C)c1n[nH]c2c1CCN(CC(=O)O)C2.CC(C)c1n[nH]c2c1CN(C(=O)N1CCCCC1)C2.CC(C)c1n[nH]c2c1CN(C(=O)N1CCNCC1)C2. The van der Waals surface area contributed by atoms with E-state index in [-0.39, 0.29) is 18.6 Å². The van der Waals surface area contributed by atoms with Crippen LogP contribution in [0.1, 0.15) is 129 Å². The van der Waals surface area contributed by atoms with E-state index in [4.69, 9.17) is 5.11 Å². The Morgan fingerprint density at radius 1 is 0.574 bits per heavy atom. The normalized spacial score (nSPS) is 18.3. The largest absolute Gasteiger partial charge is 0.480 e. The topological polar surface area (TPSA) is 186 Å². The van der Waals surface area contributed by atoms with E-state index < -0.39 is 5.97 Å². The smallest absolute Gasteiger partial charge is 0.320 e. The number of carbonyl (C=O) groups excluding carboxylic acids is 2. The first-order chi connectivity index (χ1) is 25.9. The summed E-state index contributed by atoms with van der Waals surface area (Å²) in [5.74, 6) is 0.456. The van der Waals surface area contributed by atoms with Crippen LogP contribution in [-0.2, 0) is 43.9 Å². The highest BCUT2D eigenvalue weighted by atomic mass is 16.4. The lowest BCUT2D eigenvalue weighted by Crippen LogP contribution is -2.50. The first-order valence-electron chi connectivity index (χ1n) is 19.8. The molecule has 16 heteroatoms. The van der Waals surface area contributed by atoms with Gasteiger partial charge in [-0.1, -0.05) is 41.5 Å². The molecule has 2 fully saturated rings. The molecule has 16 nitrogen and oxygen atoms in total. The summed E-state index contributed by atoms with van der Waals surface area (Å²) in [4.78, 5) is 45.2. The van der Waals surface area contributed by atoms with Crippen LogP contribution in [0.2, 0.25) is 0 Å². The summed E-state index contributed by atoms with van der Waals surface area (Å²) in [5.41, 5.74) is 10.4. The van der Waals surface area contributed by atoms with Crippen LogP contribution in [0.3, 0.4) is 0 Å². The average molecular weight is 749 g/mol. The lowest BCUT2D eigenvalue weighted by molar-refractivity contribution is -0.138. The summed E-state index contributed by atoms with van der Waals surface area (Å²) in [7, 11) is 0. The zero-order chi connectivity index (χ0) is 38.5. The molecule has 3 aromatic heterocycles. The van der Waals surface area contributed by atoms with Crippen LogP contribution in [0.15, 0.2) is 0 Å². The van der Waals surface area contributed by atoms with Gasteiger partial charge in [0.15, 0.2) is 0 Å². The number of carboxylic acids is 1. The number of aromatic nitrogens is 6. The number of carbonyl (C=O) groups is 3. The number of rotatable bonds is 5. The van der Waals surface area contributed by atoms with Gasteiger partial charge in [0, 0.05) is 63.5 Å². The molecule has 5 aliphatic heterocycles. The van der Waals surface area contributed by atoms with Crippen molar-refractivity contribution >= 4 is 18.0 Å². The summed E-state index contributed by atoms with van der Waals surface area (Å²) in [6, 6.07) is 0.347. The van der Waals surface area contributed by atoms with Gasteiger partial charge in [-0.15, -0.1) is 0 Å². The second-order valence-electron chi connectivity index (χ2n) is 16.1. The molecule has 3 aromatic rings. The quantitative estimate of drug-likeness (QED) is 0.254. The number of urea groups is 2. The molecule has 0 aromatic carbocycles. The van der Waals surface area contributed by atoms with E-state index >= 15 is 0 Å². The highest BCUT2D eigenvalue weighted by Crippen LogP contribution is 2.30. The van der Waals surface area contributed by atoms with Gasteiger partial charge >= 0.3 is 18.0 Å². The van der Waals surface area contributed by atoms with Crippen molar-refractivity contribution in [1.29, 1.82) is 0 Å². The number of H-pyrrole nitrogens is 3. The number of nitrogens with one attached hydrogen (secondary N) is 4. The number of piperidine rings is 1. The number of amides is 4. The van der Waals surface area contributed by atoms with Crippen molar-refractivity contribution < 1.29 is 19.5 Å². The van der Waals surface area contributed by atoms with Crippen molar-refractivity contribution in [3.8, 4) is 0 Å². The fourth-order valence-corrected chi connectivity index (χ4v) is 8.09. The minimum atomic E-state index is -0.771. The Hall–Kier alpha value is -4.44. The molecule has 0 spiro atoms. The Bertz CT molecular complexity index is 1660. The number of likely N-dealkylation sites (tertiary alicyclic amines) is 1. The third kappa shape index (κ3) is 8.91. The molecule has 8 heterocycles. The van der Waals surface area contributed by atoms with Gasteiger partial charge in [-0.2, -0.15) is 15.3 Å². The summed E-state index contributed by atoms with van der Waals surface area (Å²) >= 11 is 0. The number of hydrogen-bond donors (Lipinski definition) is 5. The lowest BCUT2D eigenvalue weighted by Gasteiger charge is -2.31. The minimum Gasteiger partial charge on any atom is -0.480 e. The van der Waals surface area contributed by atoms with E-state index in [1.54, 1.807) is 0 Å². The molecule has 0 radical (unpaired) electrons. The fourth-order valence-electron chi connectivity index (χ4n) is 8.09. The Kier molecular flexibility index (Phi) is 12.6. The predicted octanol–water partition coefficient (Wildman–Crippen LogP) is 4.30. The second-order valence-corrected chi connectivity index (χ2v) is 16.1. The number of carboxylic acid groups (broad SMARTS) is 1. The Balaban J connectivity index is 0.000000139. The molecule has 0 unspecified atom stereocenters. The number of nitrogens with zero attached hydrogens (tertiary/aromatic N) is 8. The molecule has 54 heavy (non-hydrogen) atoms. The number of aliphatic carboxylic acids is 1. The zero-order valence-corrected chi connectivity index (χ0v) is 33.0. The van der Waals surface area contributed by atoms with Crippen LogP contribution in [0.5, 0.6) is 0 Å². The van der Waals surface area contributed by atoms with E-state index in [0.717, 1.165) is 99.2 Å². The number of fused-ring (bicyclic) bond motifs is 3. The summed E-state index contributed by atoms with van der Waals surface area (Å²) in [6.07, 6.45) is 4.43. The molecule has 5 N–H and O–H groups in total. The van der Waals surface area contributed by atoms with E-state index in [1.165, 1.54) is 23.1 Å². The van der Waals surface area contributed by atoms with Crippen LogP contribution in [-0.4, -0.2) is 131 Å². The molecule has 4 amide bonds. The van der Waals surface area contributed by atoms with Gasteiger partial charge in [-0.05, 0) is 49.0 Å². The number of piperazine rings is 1. The van der Waals surface area contributed by atoms with Crippen molar-refractivity contribution in [2.45, 2.75) is 118 Å². The van der Waals surface area contributed by atoms with Gasteiger partial charge in [0.2, 0.25) is 0 Å². The standard InChI is InChI=1S/C14H22N4O.C13H21N5O.C11H17N3O2/c1-10(2)13-11-8-18(9-12(11)15-16-13)14(19)17-6-4-3-5-7-17;1-9(2)12-10-7-18(8-11(10)15-16-12)13(19)17-5-3-14-4-6-17;1-7(2)11-8-3-4-14(6-10(15)16)5-9(8)12-13-11/h10H,3-9H2,1-2H3,(H,15,16);9,14H,3-8H2,1-2H3,(H,15,16);7H,3-6H2,1-2H3,(H,12,13)(H,15,16). The molecular formula is C38H60N12O4. The first kappa shape index (κ1) is 39.3. The Morgan fingerprint density at radius 2 is 1.02 bits per heavy atom. The van der Waals surface area contributed by atoms with Gasteiger partial charge < -0.3 is 30.0 Å². The lowest BCUT2D eigenvalue weighted by atomic mass is 9.98. The molecule has 0 atom stereocenters.